The van der Waals surface area contributed by atoms with E-state index in [4.69, 9.17) is 4.74 Å². The fourth-order valence-corrected chi connectivity index (χ4v) is 3.11. The topological polar surface area (TPSA) is 38.3 Å². The molecule has 3 heteroatoms. The van der Waals surface area contributed by atoms with Crippen LogP contribution in [0, 0.1) is 17.8 Å². The molecule has 1 aliphatic carbocycles. The molecule has 0 aliphatic heterocycles. The first-order chi connectivity index (χ1) is 8.93. The molecule has 1 saturated carbocycles. The van der Waals surface area contributed by atoms with Crippen LogP contribution in [0.4, 0.5) is 0 Å². The van der Waals surface area contributed by atoms with Gasteiger partial charge in [0.05, 0.1) is 7.11 Å². The monoisotopic (exact) mass is 269 g/mol. The highest BCUT2D eigenvalue weighted by atomic mass is 16.5. The van der Waals surface area contributed by atoms with Gasteiger partial charge in [0.1, 0.15) is 6.04 Å². The third kappa shape index (κ3) is 5.52. The molecule has 19 heavy (non-hydrogen) atoms. The minimum Gasteiger partial charge on any atom is -0.468 e. The number of carbonyl (C=O) groups is 1. The molecule has 112 valence electrons. The predicted octanol–water partition coefficient (Wildman–Crippen LogP) is 3.38. The van der Waals surface area contributed by atoms with Gasteiger partial charge in [-0.15, -0.1) is 0 Å². The smallest absolute Gasteiger partial charge is 0.322 e. The fraction of sp³-hybridized carbons (Fsp3) is 0.938. The minimum atomic E-state index is -0.138. The maximum atomic E-state index is 11.9. The fourth-order valence-electron chi connectivity index (χ4n) is 3.11. The summed E-state index contributed by atoms with van der Waals surface area (Å²) in [6.07, 6.45) is 5.85. The SMILES string of the molecule is COC(=O)C(CC(C)C)NC1CCCC(C(C)C)C1. The Morgan fingerprint density at radius 3 is 2.47 bits per heavy atom. The first-order valence-corrected chi connectivity index (χ1v) is 7.77. The Kier molecular flexibility index (Phi) is 6.84. The second kappa shape index (κ2) is 7.88. The van der Waals surface area contributed by atoms with E-state index in [-0.39, 0.29) is 12.0 Å². The summed E-state index contributed by atoms with van der Waals surface area (Å²) in [6.45, 7) is 8.91. The highest BCUT2D eigenvalue weighted by Gasteiger charge is 2.28. The van der Waals surface area contributed by atoms with Crippen molar-refractivity contribution < 1.29 is 9.53 Å². The van der Waals surface area contributed by atoms with E-state index in [2.05, 4.69) is 33.0 Å². The van der Waals surface area contributed by atoms with Gasteiger partial charge in [0, 0.05) is 6.04 Å². The van der Waals surface area contributed by atoms with E-state index in [0.29, 0.717) is 12.0 Å². The summed E-state index contributed by atoms with van der Waals surface area (Å²) in [6, 6.07) is 0.338. The Bertz CT molecular complexity index is 276. The lowest BCUT2D eigenvalue weighted by Crippen LogP contribution is -2.46. The van der Waals surface area contributed by atoms with Crippen LogP contribution < -0.4 is 5.32 Å². The van der Waals surface area contributed by atoms with Crippen LogP contribution in [0.2, 0.25) is 0 Å². The molecule has 0 aromatic carbocycles. The maximum absolute atomic E-state index is 11.9. The number of nitrogens with one attached hydrogen (secondary N) is 1. The zero-order chi connectivity index (χ0) is 14.4. The minimum absolute atomic E-state index is 0.111. The molecular weight excluding hydrogens is 238 g/mol. The number of carbonyl (C=O) groups excluding carboxylic acids is 1. The molecule has 3 nitrogen and oxygen atoms in total. The van der Waals surface area contributed by atoms with Crippen LogP contribution in [0.25, 0.3) is 0 Å². The normalized spacial score (nSPS) is 25.6. The van der Waals surface area contributed by atoms with Crippen molar-refractivity contribution in [1.29, 1.82) is 0 Å². The Labute approximate surface area is 118 Å². The lowest BCUT2D eigenvalue weighted by Gasteiger charge is -2.34. The van der Waals surface area contributed by atoms with Crippen LogP contribution >= 0.6 is 0 Å². The molecule has 3 unspecified atom stereocenters. The van der Waals surface area contributed by atoms with Crippen molar-refractivity contribution in [3.63, 3.8) is 0 Å². The Morgan fingerprint density at radius 2 is 1.95 bits per heavy atom. The lowest BCUT2D eigenvalue weighted by molar-refractivity contribution is -0.144. The molecule has 0 bridgehead atoms. The van der Waals surface area contributed by atoms with Crippen molar-refractivity contribution in [3.05, 3.63) is 0 Å². The van der Waals surface area contributed by atoms with E-state index >= 15 is 0 Å². The Hall–Kier alpha value is -0.570. The summed E-state index contributed by atoms with van der Waals surface area (Å²) < 4.78 is 4.93. The molecule has 3 atom stereocenters. The summed E-state index contributed by atoms with van der Waals surface area (Å²) in [4.78, 5) is 11.9. The van der Waals surface area contributed by atoms with E-state index in [9.17, 15) is 4.79 Å². The third-order valence-electron chi connectivity index (χ3n) is 4.29. The van der Waals surface area contributed by atoms with Gasteiger partial charge in [-0.1, -0.05) is 40.5 Å². The number of rotatable bonds is 6. The molecule has 1 aliphatic rings. The van der Waals surface area contributed by atoms with Gasteiger partial charge >= 0.3 is 5.97 Å². The van der Waals surface area contributed by atoms with Crippen LogP contribution in [0.1, 0.15) is 59.8 Å². The molecular formula is C16H31NO2. The van der Waals surface area contributed by atoms with Crippen molar-refractivity contribution in [2.45, 2.75) is 71.9 Å². The largest absolute Gasteiger partial charge is 0.468 e. The van der Waals surface area contributed by atoms with Crippen molar-refractivity contribution in [3.8, 4) is 0 Å². The number of methoxy groups -OCH3 is 1. The molecule has 0 aromatic heterocycles. The summed E-state index contributed by atoms with van der Waals surface area (Å²) in [5.74, 6) is 1.93. The van der Waals surface area contributed by atoms with Crippen LogP contribution in [-0.2, 0) is 9.53 Å². The van der Waals surface area contributed by atoms with Gasteiger partial charge in [-0.2, -0.15) is 0 Å². The van der Waals surface area contributed by atoms with E-state index in [0.717, 1.165) is 18.3 Å². The number of esters is 1. The third-order valence-corrected chi connectivity index (χ3v) is 4.29. The van der Waals surface area contributed by atoms with Crippen molar-refractivity contribution in [1.82, 2.24) is 5.32 Å². The van der Waals surface area contributed by atoms with Crippen LogP contribution in [0.15, 0.2) is 0 Å². The van der Waals surface area contributed by atoms with Crippen LogP contribution in [-0.4, -0.2) is 25.2 Å². The van der Waals surface area contributed by atoms with Gasteiger partial charge in [-0.3, -0.25) is 4.79 Å². The second-order valence-corrected chi connectivity index (χ2v) is 6.74. The van der Waals surface area contributed by atoms with Crippen molar-refractivity contribution in [2.75, 3.05) is 7.11 Å². The molecule has 0 spiro atoms. The first kappa shape index (κ1) is 16.5. The second-order valence-electron chi connectivity index (χ2n) is 6.74. The first-order valence-electron chi connectivity index (χ1n) is 7.77. The molecule has 0 amide bonds. The summed E-state index contributed by atoms with van der Waals surface area (Å²) in [5.41, 5.74) is 0. The summed E-state index contributed by atoms with van der Waals surface area (Å²) in [5, 5.41) is 3.55. The standard InChI is InChI=1S/C16H31NO2/c1-11(2)9-15(16(18)19-5)17-14-8-6-7-13(10-14)12(3)4/h11-15,17H,6-10H2,1-5H3. The average Bonchev–Trinajstić information content (AvgIpc) is 2.36. The van der Waals surface area contributed by atoms with Crippen molar-refractivity contribution in [2.24, 2.45) is 17.8 Å². The molecule has 0 heterocycles. The quantitative estimate of drug-likeness (QED) is 0.751. The highest BCUT2D eigenvalue weighted by molar-refractivity contribution is 5.75. The van der Waals surface area contributed by atoms with Gasteiger partial charge in [-0.25, -0.2) is 0 Å². The van der Waals surface area contributed by atoms with Gasteiger partial charge in [-0.05, 0) is 37.0 Å². The number of ether oxygens (including phenoxy) is 1. The zero-order valence-corrected chi connectivity index (χ0v) is 13.2. The zero-order valence-electron chi connectivity index (χ0n) is 13.2. The molecule has 0 saturated heterocycles. The van der Waals surface area contributed by atoms with E-state index in [1.807, 2.05) is 0 Å². The summed E-state index contributed by atoms with van der Waals surface area (Å²) >= 11 is 0. The Morgan fingerprint density at radius 1 is 1.26 bits per heavy atom. The van der Waals surface area contributed by atoms with E-state index in [1.54, 1.807) is 0 Å². The Balaban J connectivity index is 2.55. The summed E-state index contributed by atoms with van der Waals surface area (Å²) in [7, 11) is 1.48. The average molecular weight is 269 g/mol. The van der Waals surface area contributed by atoms with Gasteiger partial charge in [0.25, 0.3) is 0 Å². The molecule has 1 fully saturated rings. The van der Waals surface area contributed by atoms with E-state index in [1.165, 1.54) is 32.8 Å². The van der Waals surface area contributed by atoms with Crippen molar-refractivity contribution >= 4 is 5.97 Å². The highest BCUT2D eigenvalue weighted by Crippen LogP contribution is 2.30. The molecule has 1 N–H and O–H groups in total. The van der Waals surface area contributed by atoms with Gasteiger partial charge < -0.3 is 10.1 Å². The molecule has 1 rings (SSSR count). The number of hydrogen-bond donors (Lipinski definition) is 1. The predicted molar refractivity (Wildman–Crippen MR) is 79.0 cm³/mol. The molecule has 0 aromatic rings. The molecule has 0 radical (unpaired) electrons. The van der Waals surface area contributed by atoms with Gasteiger partial charge in [0.2, 0.25) is 0 Å². The van der Waals surface area contributed by atoms with Crippen LogP contribution in [0.3, 0.4) is 0 Å². The van der Waals surface area contributed by atoms with Crippen LogP contribution in [0.5, 0.6) is 0 Å². The van der Waals surface area contributed by atoms with E-state index < -0.39 is 0 Å². The number of hydrogen-bond acceptors (Lipinski definition) is 3. The lowest BCUT2D eigenvalue weighted by atomic mass is 9.79. The maximum Gasteiger partial charge on any atom is 0.322 e. The van der Waals surface area contributed by atoms with Gasteiger partial charge in [0.15, 0.2) is 0 Å².